The third kappa shape index (κ3) is 2.93. The van der Waals surface area contributed by atoms with Crippen LogP contribution in [-0.4, -0.2) is 0 Å². The Balaban J connectivity index is 1.87. The maximum Gasteiger partial charge on any atom is 0.142 e. The van der Waals surface area contributed by atoms with E-state index in [1.807, 2.05) is 48.5 Å². The van der Waals surface area contributed by atoms with Crippen molar-refractivity contribution < 1.29 is 4.42 Å². The second-order valence-corrected chi connectivity index (χ2v) is 6.51. The molecular weight excluding hydrogens is 360 g/mol. The smallest absolute Gasteiger partial charge is 0.142 e. The van der Waals surface area contributed by atoms with Crippen LogP contribution in [-0.2, 0) is 0 Å². The topological polar surface area (TPSA) is 13.1 Å². The number of benzene rings is 3. The second kappa shape index (κ2) is 6.50. The molecule has 0 saturated carbocycles. The van der Waals surface area contributed by atoms with Gasteiger partial charge in [-0.25, -0.2) is 0 Å². The molecule has 24 heavy (non-hydrogen) atoms. The first-order valence-corrected chi connectivity index (χ1v) is 8.61. The van der Waals surface area contributed by atoms with Gasteiger partial charge in [-0.05, 0) is 29.8 Å². The van der Waals surface area contributed by atoms with Crippen LogP contribution < -0.4 is 0 Å². The molecule has 0 aliphatic rings. The van der Waals surface area contributed by atoms with E-state index in [1.165, 1.54) is 5.56 Å². The van der Waals surface area contributed by atoms with E-state index in [0.29, 0.717) is 0 Å². The van der Waals surface area contributed by atoms with Crippen LogP contribution in [0.2, 0.25) is 0 Å². The molecule has 0 radical (unpaired) electrons. The molecule has 4 rings (SSSR count). The highest BCUT2D eigenvalue weighted by atomic mass is 79.9. The highest BCUT2D eigenvalue weighted by Gasteiger charge is 2.13. The van der Waals surface area contributed by atoms with Crippen molar-refractivity contribution in [1.82, 2.24) is 0 Å². The summed E-state index contributed by atoms with van der Waals surface area (Å²) in [6.07, 6.45) is 4.26. The van der Waals surface area contributed by atoms with E-state index in [-0.39, 0.29) is 0 Å². The molecule has 4 aromatic rings. The molecule has 0 N–H and O–H groups in total. The van der Waals surface area contributed by atoms with E-state index in [2.05, 4.69) is 58.4 Å². The molecule has 0 aliphatic carbocycles. The van der Waals surface area contributed by atoms with E-state index >= 15 is 0 Å². The third-order valence-electron chi connectivity index (χ3n) is 3.98. The van der Waals surface area contributed by atoms with E-state index < -0.39 is 0 Å². The minimum Gasteiger partial charge on any atom is -0.455 e. The molecule has 3 aromatic carbocycles. The predicted octanol–water partition coefficient (Wildman–Crippen LogP) is 7.03. The van der Waals surface area contributed by atoms with Gasteiger partial charge in [-0.15, -0.1) is 0 Å². The van der Waals surface area contributed by atoms with E-state index in [9.17, 15) is 0 Å². The van der Waals surface area contributed by atoms with Crippen molar-refractivity contribution >= 4 is 39.1 Å². The molecule has 1 aromatic heterocycles. The van der Waals surface area contributed by atoms with Crippen molar-refractivity contribution in [2.24, 2.45) is 0 Å². The van der Waals surface area contributed by atoms with Crippen LogP contribution in [0.25, 0.3) is 34.4 Å². The number of rotatable bonds is 3. The van der Waals surface area contributed by atoms with Crippen molar-refractivity contribution in [1.29, 1.82) is 0 Å². The van der Waals surface area contributed by atoms with Gasteiger partial charge in [-0.3, -0.25) is 0 Å². The van der Waals surface area contributed by atoms with E-state index in [4.69, 9.17) is 4.42 Å². The lowest BCUT2D eigenvalue weighted by atomic mass is 10.0. The SMILES string of the molecule is Brc1ccc(-c2oc3ccccc3c2/C=C/c2ccccc2)cc1. The van der Waals surface area contributed by atoms with Crippen molar-refractivity contribution in [3.63, 3.8) is 0 Å². The summed E-state index contributed by atoms with van der Waals surface area (Å²) in [5.41, 5.74) is 4.26. The minimum absolute atomic E-state index is 0.899. The monoisotopic (exact) mass is 374 g/mol. The number of halogens is 1. The van der Waals surface area contributed by atoms with Crippen LogP contribution in [0.5, 0.6) is 0 Å². The predicted molar refractivity (Wildman–Crippen MR) is 105 cm³/mol. The number of para-hydroxylation sites is 1. The number of furan rings is 1. The molecule has 2 heteroatoms. The van der Waals surface area contributed by atoms with Gasteiger partial charge in [0, 0.05) is 21.0 Å². The molecule has 1 nitrogen and oxygen atoms in total. The molecule has 0 atom stereocenters. The zero-order chi connectivity index (χ0) is 16.4. The number of fused-ring (bicyclic) bond motifs is 1. The largest absolute Gasteiger partial charge is 0.455 e. The Labute approximate surface area is 149 Å². The highest BCUT2D eigenvalue weighted by Crippen LogP contribution is 2.35. The van der Waals surface area contributed by atoms with Crippen LogP contribution in [0.15, 0.2) is 87.8 Å². The maximum absolute atomic E-state index is 6.15. The summed E-state index contributed by atoms with van der Waals surface area (Å²) in [5, 5.41) is 1.13. The summed E-state index contributed by atoms with van der Waals surface area (Å²) in [5.74, 6) is 0.899. The van der Waals surface area contributed by atoms with Crippen LogP contribution >= 0.6 is 15.9 Å². The molecule has 0 aliphatic heterocycles. The zero-order valence-electron chi connectivity index (χ0n) is 12.9. The molecule has 116 valence electrons. The van der Waals surface area contributed by atoms with Gasteiger partial charge in [0.2, 0.25) is 0 Å². The molecule has 0 unspecified atom stereocenters. The van der Waals surface area contributed by atoms with Crippen molar-refractivity contribution in [3.05, 3.63) is 94.5 Å². The van der Waals surface area contributed by atoms with Crippen LogP contribution in [0.4, 0.5) is 0 Å². The standard InChI is InChI=1S/C22H15BrO/c23-18-13-11-17(12-14-18)22-20(15-10-16-6-2-1-3-7-16)19-8-4-5-9-21(19)24-22/h1-15H/b15-10+. The lowest BCUT2D eigenvalue weighted by Gasteiger charge is -2.00. The lowest BCUT2D eigenvalue weighted by molar-refractivity contribution is 0.631. The lowest BCUT2D eigenvalue weighted by Crippen LogP contribution is -1.78. The summed E-state index contributed by atoms with van der Waals surface area (Å²) in [6.45, 7) is 0. The molecule has 0 bridgehead atoms. The van der Waals surface area contributed by atoms with E-state index in [0.717, 1.165) is 32.3 Å². The fraction of sp³-hybridized carbons (Fsp3) is 0. The van der Waals surface area contributed by atoms with Gasteiger partial charge in [-0.2, -0.15) is 0 Å². The first kappa shape index (κ1) is 15.0. The maximum atomic E-state index is 6.15. The fourth-order valence-corrected chi connectivity index (χ4v) is 3.05. The number of hydrogen-bond donors (Lipinski definition) is 0. The Morgan fingerprint density at radius 1 is 0.708 bits per heavy atom. The zero-order valence-corrected chi connectivity index (χ0v) is 14.5. The normalized spacial score (nSPS) is 11.4. The van der Waals surface area contributed by atoms with Gasteiger partial charge in [0.15, 0.2) is 0 Å². The quantitative estimate of drug-likeness (QED) is 0.375. The number of hydrogen-bond acceptors (Lipinski definition) is 1. The minimum atomic E-state index is 0.899. The van der Waals surface area contributed by atoms with Gasteiger partial charge in [0.05, 0.1) is 0 Å². The van der Waals surface area contributed by atoms with Crippen LogP contribution in [0.3, 0.4) is 0 Å². The van der Waals surface area contributed by atoms with Gasteiger partial charge in [0.25, 0.3) is 0 Å². The average Bonchev–Trinajstić information content (AvgIpc) is 3.00. The Kier molecular flexibility index (Phi) is 4.06. The Morgan fingerprint density at radius 2 is 1.42 bits per heavy atom. The Hall–Kier alpha value is -2.58. The summed E-state index contributed by atoms with van der Waals surface area (Å²) in [6, 6.07) is 26.7. The fourth-order valence-electron chi connectivity index (χ4n) is 2.79. The Morgan fingerprint density at radius 3 is 2.21 bits per heavy atom. The van der Waals surface area contributed by atoms with Gasteiger partial charge in [-0.1, -0.05) is 82.7 Å². The summed E-state index contributed by atoms with van der Waals surface area (Å²) >= 11 is 3.49. The molecule has 1 heterocycles. The van der Waals surface area contributed by atoms with Crippen molar-refractivity contribution in [3.8, 4) is 11.3 Å². The highest BCUT2D eigenvalue weighted by molar-refractivity contribution is 9.10. The molecule has 0 amide bonds. The third-order valence-corrected chi connectivity index (χ3v) is 4.51. The molecule has 0 fully saturated rings. The summed E-state index contributed by atoms with van der Waals surface area (Å²) in [4.78, 5) is 0. The second-order valence-electron chi connectivity index (χ2n) is 5.59. The van der Waals surface area contributed by atoms with Crippen LogP contribution in [0.1, 0.15) is 11.1 Å². The van der Waals surface area contributed by atoms with Gasteiger partial charge < -0.3 is 4.42 Å². The summed E-state index contributed by atoms with van der Waals surface area (Å²) in [7, 11) is 0. The first-order chi connectivity index (χ1) is 11.8. The molecule has 0 saturated heterocycles. The molecular formula is C22H15BrO. The Bertz CT molecular complexity index is 995. The van der Waals surface area contributed by atoms with E-state index in [1.54, 1.807) is 0 Å². The van der Waals surface area contributed by atoms with Crippen molar-refractivity contribution in [2.75, 3.05) is 0 Å². The summed E-state index contributed by atoms with van der Waals surface area (Å²) < 4.78 is 7.21. The van der Waals surface area contributed by atoms with Crippen LogP contribution in [0, 0.1) is 0 Å². The average molecular weight is 375 g/mol. The first-order valence-electron chi connectivity index (χ1n) is 7.82. The van der Waals surface area contributed by atoms with Gasteiger partial charge in [0.1, 0.15) is 11.3 Å². The van der Waals surface area contributed by atoms with Gasteiger partial charge >= 0.3 is 0 Å². The van der Waals surface area contributed by atoms with Crippen molar-refractivity contribution in [2.45, 2.75) is 0 Å². The molecule has 0 spiro atoms.